The predicted octanol–water partition coefficient (Wildman–Crippen LogP) is 0.665. The van der Waals surface area contributed by atoms with E-state index in [2.05, 4.69) is 0 Å². The maximum Gasteiger partial charge on any atom is 0.303 e. The molecule has 0 radical (unpaired) electrons. The van der Waals surface area contributed by atoms with Crippen LogP contribution in [0, 0.1) is 0 Å². The molecule has 2 heterocycles. The van der Waals surface area contributed by atoms with Gasteiger partial charge in [0.2, 0.25) is 0 Å². The number of aliphatic hydroxyl groups excluding tert-OH is 2. The average molecular weight is 454 g/mol. The fourth-order valence-electron chi connectivity index (χ4n) is 3.76. The third kappa shape index (κ3) is 6.03. The van der Waals surface area contributed by atoms with Gasteiger partial charge in [-0.05, 0) is 19.4 Å². The fraction of sp³-hybridized carbons (Fsp3) is 0.636. The van der Waals surface area contributed by atoms with Gasteiger partial charge in [0.15, 0.2) is 18.2 Å². The van der Waals surface area contributed by atoms with Gasteiger partial charge in [-0.25, -0.2) is 0 Å². The molecule has 1 aromatic carbocycles. The number of benzene rings is 1. The first kappa shape index (κ1) is 24.6. The van der Waals surface area contributed by atoms with E-state index >= 15 is 0 Å². The molecule has 1 aromatic rings. The lowest BCUT2D eigenvalue weighted by Gasteiger charge is -2.33. The smallest absolute Gasteiger partial charge is 0.303 e. The van der Waals surface area contributed by atoms with E-state index in [9.17, 15) is 19.8 Å². The molecule has 0 aliphatic carbocycles. The highest BCUT2D eigenvalue weighted by atomic mass is 16.8. The van der Waals surface area contributed by atoms with Crippen LogP contribution < -0.4 is 0 Å². The molecule has 3 rings (SSSR count). The minimum atomic E-state index is -1.63. The van der Waals surface area contributed by atoms with Gasteiger partial charge in [0, 0.05) is 13.8 Å². The number of esters is 2. The zero-order valence-corrected chi connectivity index (χ0v) is 18.5. The Bertz CT molecular complexity index is 782. The van der Waals surface area contributed by atoms with Crippen LogP contribution in [0.1, 0.15) is 33.3 Å². The minimum Gasteiger partial charge on any atom is -0.462 e. The summed E-state index contributed by atoms with van der Waals surface area (Å²) in [6.07, 6.45) is -7.81. The van der Waals surface area contributed by atoms with Crippen LogP contribution in [0.25, 0.3) is 0 Å². The Hall–Kier alpha value is -2.08. The SMILES string of the molecule is CC(=O)OC[C@@H](OC(C)=O)[C@H](O)[C@@H](O)[C@H]1O[C@@H]2OC(C)(C)O[C@@H]2[C@H]1OCc1ccccc1. The summed E-state index contributed by atoms with van der Waals surface area (Å²) in [4.78, 5) is 22.6. The Kier molecular flexibility index (Phi) is 7.86. The van der Waals surface area contributed by atoms with Gasteiger partial charge < -0.3 is 38.6 Å². The molecule has 0 aromatic heterocycles. The summed E-state index contributed by atoms with van der Waals surface area (Å²) in [5, 5.41) is 21.7. The molecule has 10 heteroatoms. The van der Waals surface area contributed by atoms with Crippen LogP contribution in [0.4, 0.5) is 0 Å². The van der Waals surface area contributed by atoms with E-state index in [1.807, 2.05) is 30.3 Å². The van der Waals surface area contributed by atoms with Crippen LogP contribution in [0.3, 0.4) is 0 Å². The summed E-state index contributed by atoms with van der Waals surface area (Å²) in [7, 11) is 0. The van der Waals surface area contributed by atoms with Crippen molar-refractivity contribution in [3.05, 3.63) is 35.9 Å². The molecule has 0 unspecified atom stereocenters. The third-order valence-electron chi connectivity index (χ3n) is 5.15. The van der Waals surface area contributed by atoms with Gasteiger partial charge in [-0.1, -0.05) is 30.3 Å². The first-order valence-electron chi connectivity index (χ1n) is 10.4. The van der Waals surface area contributed by atoms with Crippen molar-refractivity contribution >= 4 is 11.9 Å². The van der Waals surface area contributed by atoms with E-state index in [1.54, 1.807) is 13.8 Å². The van der Waals surface area contributed by atoms with Gasteiger partial charge in [0.25, 0.3) is 0 Å². The van der Waals surface area contributed by atoms with E-state index in [0.29, 0.717) is 0 Å². The highest BCUT2D eigenvalue weighted by Crippen LogP contribution is 2.40. The quantitative estimate of drug-likeness (QED) is 0.513. The molecule has 10 nitrogen and oxygen atoms in total. The summed E-state index contributed by atoms with van der Waals surface area (Å²) in [5.74, 6) is -2.24. The summed E-state index contributed by atoms with van der Waals surface area (Å²) in [6.45, 7) is 5.58. The van der Waals surface area contributed by atoms with Gasteiger partial charge in [0.1, 0.15) is 37.1 Å². The summed E-state index contributed by atoms with van der Waals surface area (Å²) >= 11 is 0. The van der Waals surface area contributed by atoms with Crippen LogP contribution in [0.5, 0.6) is 0 Å². The second kappa shape index (κ2) is 10.2. The molecule has 7 atom stereocenters. The van der Waals surface area contributed by atoms with Crippen molar-refractivity contribution in [2.24, 2.45) is 0 Å². The normalized spacial score (nSPS) is 29.1. The molecule has 32 heavy (non-hydrogen) atoms. The van der Waals surface area contributed by atoms with Crippen molar-refractivity contribution in [1.82, 2.24) is 0 Å². The summed E-state index contributed by atoms with van der Waals surface area (Å²) < 4.78 is 33.5. The Morgan fingerprint density at radius 1 is 1.09 bits per heavy atom. The van der Waals surface area contributed by atoms with Gasteiger partial charge in [-0.2, -0.15) is 0 Å². The molecular formula is C22H30O10. The molecule has 2 N–H and O–H groups in total. The molecule has 0 saturated carbocycles. The van der Waals surface area contributed by atoms with Crippen LogP contribution in [0.15, 0.2) is 30.3 Å². The topological polar surface area (TPSA) is 130 Å². The van der Waals surface area contributed by atoms with Gasteiger partial charge >= 0.3 is 11.9 Å². The average Bonchev–Trinajstić information content (AvgIpc) is 3.20. The first-order valence-corrected chi connectivity index (χ1v) is 10.4. The molecule has 0 spiro atoms. The van der Waals surface area contributed by atoms with E-state index in [4.69, 9.17) is 28.4 Å². The Labute approximate surface area is 186 Å². The van der Waals surface area contributed by atoms with Crippen LogP contribution in [-0.2, 0) is 44.6 Å². The van der Waals surface area contributed by atoms with Crippen molar-refractivity contribution in [3.8, 4) is 0 Å². The molecule has 0 bridgehead atoms. The van der Waals surface area contributed by atoms with Crippen molar-refractivity contribution in [2.75, 3.05) is 6.61 Å². The number of fused-ring (bicyclic) bond motifs is 1. The van der Waals surface area contributed by atoms with Gasteiger partial charge in [-0.3, -0.25) is 9.59 Å². The molecule has 0 amide bonds. The second-order valence-corrected chi connectivity index (χ2v) is 8.26. The van der Waals surface area contributed by atoms with Crippen molar-refractivity contribution in [2.45, 2.75) is 83.0 Å². The number of aliphatic hydroxyl groups is 2. The minimum absolute atomic E-state index is 0.210. The molecule has 2 aliphatic rings. The highest BCUT2D eigenvalue weighted by Gasteiger charge is 2.58. The van der Waals surface area contributed by atoms with E-state index < -0.39 is 67.2 Å². The predicted molar refractivity (Wildman–Crippen MR) is 108 cm³/mol. The highest BCUT2D eigenvalue weighted by molar-refractivity contribution is 5.67. The summed E-state index contributed by atoms with van der Waals surface area (Å²) in [6, 6.07) is 9.41. The molecule has 2 aliphatic heterocycles. The zero-order valence-electron chi connectivity index (χ0n) is 18.5. The molecule has 178 valence electrons. The number of hydrogen-bond acceptors (Lipinski definition) is 10. The zero-order chi connectivity index (χ0) is 23.5. The number of rotatable bonds is 9. The summed E-state index contributed by atoms with van der Waals surface area (Å²) in [5.41, 5.74) is 0.899. The van der Waals surface area contributed by atoms with Crippen molar-refractivity contribution < 1.29 is 48.2 Å². The van der Waals surface area contributed by atoms with Crippen LogP contribution in [-0.4, -0.2) is 77.5 Å². The fourth-order valence-corrected chi connectivity index (χ4v) is 3.76. The second-order valence-electron chi connectivity index (χ2n) is 8.26. The van der Waals surface area contributed by atoms with E-state index in [1.165, 1.54) is 6.92 Å². The maximum absolute atomic E-state index is 11.5. The number of ether oxygens (including phenoxy) is 6. The third-order valence-corrected chi connectivity index (χ3v) is 5.15. The Balaban J connectivity index is 1.75. The van der Waals surface area contributed by atoms with Crippen molar-refractivity contribution in [1.29, 1.82) is 0 Å². The first-order chi connectivity index (χ1) is 15.1. The largest absolute Gasteiger partial charge is 0.462 e. The van der Waals surface area contributed by atoms with Gasteiger partial charge in [-0.15, -0.1) is 0 Å². The van der Waals surface area contributed by atoms with Crippen LogP contribution >= 0.6 is 0 Å². The number of carbonyl (C=O) groups excluding carboxylic acids is 2. The van der Waals surface area contributed by atoms with E-state index in [0.717, 1.165) is 12.5 Å². The monoisotopic (exact) mass is 454 g/mol. The van der Waals surface area contributed by atoms with Crippen molar-refractivity contribution in [3.63, 3.8) is 0 Å². The van der Waals surface area contributed by atoms with E-state index in [-0.39, 0.29) is 6.61 Å². The molecule has 2 saturated heterocycles. The Morgan fingerprint density at radius 2 is 1.78 bits per heavy atom. The lowest BCUT2D eigenvalue weighted by molar-refractivity contribution is -0.241. The number of hydrogen-bond donors (Lipinski definition) is 2. The lowest BCUT2D eigenvalue weighted by atomic mass is 9.98. The standard InChI is InChI=1S/C22H30O10/c1-12(23)27-11-15(29-13(2)24)16(25)17(26)18-19(28-10-14-8-6-5-7-9-14)20-21(30-18)32-22(3,4)31-20/h5-9,15-21,25-26H,10-11H2,1-4H3/t15-,16+,17-,18-,19+,20-,21-/m1/s1. The lowest BCUT2D eigenvalue weighted by Crippen LogP contribution is -2.52. The Morgan fingerprint density at radius 3 is 2.41 bits per heavy atom. The molecule has 2 fully saturated rings. The van der Waals surface area contributed by atoms with Gasteiger partial charge in [0.05, 0.1) is 6.61 Å². The number of carbonyl (C=O) groups is 2. The van der Waals surface area contributed by atoms with Crippen LogP contribution in [0.2, 0.25) is 0 Å². The maximum atomic E-state index is 11.5. The molecular weight excluding hydrogens is 424 g/mol.